The Morgan fingerprint density at radius 2 is 2.04 bits per heavy atom. The first kappa shape index (κ1) is 18.2. The molecule has 128 valence electrons. The zero-order chi connectivity index (χ0) is 16.4. The molecule has 3 rings (SSSR count). The molecule has 24 heavy (non-hydrogen) atoms. The van der Waals surface area contributed by atoms with Crippen LogP contribution in [0.3, 0.4) is 0 Å². The van der Waals surface area contributed by atoms with E-state index in [0.717, 1.165) is 18.5 Å². The van der Waals surface area contributed by atoms with Crippen LogP contribution in [-0.4, -0.2) is 28.3 Å². The molecule has 1 atom stereocenters. The number of nitrogens with two attached hydrogens (primary N) is 1. The summed E-state index contributed by atoms with van der Waals surface area (Å²) in [7, 11) is 0. The molecule has 2 aromatic rings. The SMILES string of the molecule is Cc1cc(=O)c(C(=O)NCC(N)C2CC2)nn1-c1ccccc1.Cl. The first-order valence-electron chi connectivity index (χ1n) is 7.76. The molecular weight excluding hydrogens is 328 g/mol. The van der Waals surface area contributed by atoms with E-state index in [1.807, 2.05) is 30.3 Å². The molecule has 0 radical (unpaired) electrons. The van der Waals surface area contributed by atoms with Gasteiger partial charge < -0.3 is 11.1 Å². The van der Waals surface area contributed by atoms with Crippen molar-refractivity contribution in [1.82, 2.24) is 15.1 Å². The van der Waals surface area contributed by atoms with Crippen molar-refractivity contribution in [3.8, 4) is 5.69 Å². The Hall–Kier alpha value is -2.18. The molecule has 3 N–H and O–H groups in total. The Bertz CT molecular complexity index is 772. The third-order valence-electron chi connectivity index (χ3n) is 4.05. The number of amides is 1. The van der Waals surface area contributed by atoms with Crippen molar-refractivity contribution in [2.75, 3.05) is 6.54 Å². The molecule has 1 saturated carbocycles. The second-order valence-electron chi connectivity index (χ2n) is 5.96. The number of aryl methyl sites for hydroxylation is 1. The monoisotopic (exact) mass is 348 g/mol. The molecule has 0 bridgehead atoms. The maximum absolute atomic E-state index is 12.3. The van der Waals surface area contributed by atoms with E-state index in [9.17, 15) is 9.59 Å². The lowest BCUT2D eigenvalue weighted by molar-refractivity contribution is 0.0942. The number of carbonyl (C=O) groups excluding carboxylic acids is 1. The van der Waals surface area contributed by atoms with Crippen LogP contribution in [0.2, 0.25) is 0 Å². The minimum Gasteiger partial charge on any atom is -0.349 e. The first-order chi connectivity index (χ1) is 11.1. The van der Waals surface area contributed by atoms with Gasteiger partial charge in [-0.15, -0.1) is 12.4 Å². The fourth-order valence-corrected chi connectivity index (χ4v) is 2.52. The zero-order valence-electron chi connectivity index (χ0n) is 13.4. The van der Waals surface area contributed by atoms with Gasteiger partial charge in [0.25, 0.3) is 5.91 Å². The van der Waals surface area contributed by atoms with Crippen LogP contribution in [0.25, 0.3) is 5.69 Å². The number of halogens is 1. The fraction of sp³-hybridized carbons (Fsp3) is 0.353. The number of hydrogen-bond donors (Lipinski definition) is 2. The van der Waals surface area contributed by atoms with Crippen molar-refractivity contribution in [2.24, 2.45) is 11.7 Å². The lowest BCUT2D eigenvalue weighted by Gasteiger charge is -2.13. The van der Waals surface area contributed by atoms with Gasteiger partial charge in [0.05, 0.1) is 5.69 Å². The Morgan fingerprint density at radius 3 is 2.67 bits per heavy atom. The molecule has 6 nitrogen and oxygen atoms in total. The molecule has 1 aromatic heterocycles. The molecule has 0 aliphatic heterocycles. The van der Waals surface area contributed by atoms with E-state index in [1.165, 1.54) is 6.07 Å². The highest BCUT2D eigenvalue weighted by Gasteiger charge is 2.28. The molecule has 0 spiro atoms. The van der Waals surface area contributed by atoms with E-state index in [2.05, 4.69) is 10.4 Å². The highest BCUT2D eigenvalue weighted by atomic mass is 35.5. The maximum atomic E-state index is 12.3. The van der Waals surface area contributed by atoms with E-state index in [0.29, 0.717) is 18.2 Å². The largest absolute Gasteiger partial charge is 0.349 e. The van der Waals surface area contributed by atoms with Gasteiger partial charge in [-0.2, -0.15) is 5.10 Å². The molecule has 7 heteroatoms. The number of nitrogens with one attached hydrogen (secondary N) is 1. The third kappa shape index (κ3) is 4.01. The minimum absolute atomic E-state index is 0. The summed E-state index contributed by atoms with van der Waals surface area (Å²) in [5.41, 5.74) is 6.95. The smallest absolute Gasteiger partial charge is 0.275 e. The standard InChI is InChI=1S/C17H20N4O2.ClH/c1-11-9-15(22)16(17(23)19-10-14(18)12-7-8-12)20-21(11)13-5-3-2-4-6-13;/h2-6,9,12,14H,7-8,10,18H2,1H3,(H,19,23);1H. The third-order valence-corrected chi connectivity index (χ3v) is 4.05. The van der Waals surface area contributed by atoms with Crippen LogP contribution in [-0.2, 0) is 0 Å². The summed E-state index contributed by atoms with van der Waals surface area (Å²) in [5, 5.41) is 6.95. The summed E-state index contributed by atoms with van der Waals surface area (Å²) in [6, 6.07) is 10.8. The highest BCUT2D eigenvalue weighted by molar-refractivity contribution is 5.92. The number of benzene rings is 1. The van der Waals surface area contributed by atoms with Gasteiger partial charge >= 0.3 is 0 Å². The maximum Gasteiger partial charge on any atom is 0.275 e. The van der Waals surface area contributed by atoms with Crippen LogP contribution in [0.15, 0.2) is 41.2 Å². The van der Waals surface area contributed by atoms with Crippen molar-refractivity contribution < 1.29 is 4.79 Å². The van der Waals surface area contributed by atoms with E-state index in [-0.39, 0.29) is 29.6 Å². The Kier molecular flexibility index (Phi) is 5.75. The van der Waals surface area contributed by atoms with E-state index in [1.54, 1.807) is 11.6 Å². The predicted molar refractivity (Wildman–Crippen MR) is 94.9 cm³/mol. The summed E-state index contributed by atoms with van der Waals surface area (Å²) < 4.78 is 1.59. The van der Waals surface area contributed by atoms with E-state index in [4.69, 9.17) is 5.73 Å². The van der Waals surface area contributed by atoms with Gasteiger partial charge in [-0.1, -0.05) is 18.2 Å². The summed E-state index contributed by atoms with van der Waals surface area (Å²) in [6.07, 6.45) is 2.22. The van der Waals surface area contributed by atoms with Gasteiger partial charge in [-0.25, -0.2) is 4.68 Å². The molecule has 0 saturated heterocycles. The molecule has 1 heterocycles. The molecule has 1 aliphatic carbocycles. The Morgan fingerprint density at radius 1 is 1.38 bits per heavy atom. The molecule has 1 unspecified atom stereocenters. The van der Waals surface area contributed by atoms with Gasteiger partial charge in [0.15, 0.2) is 5.69 Å². The number of hydrogen-bond acceptors (Lipinski definition) is 4. The average molecular weight is 349 g/mol. The molecular formula is C17H21ClN4O2. The van der Waals surface area contributed by atoms with Gasteiger partial charge in [0.2, 0.25) is 5.43 Å². The lowest BCUT2D eigenvalue weighted by atomic mass is 10.2. The molecule has 1 amide bonds. The van der Waals surface area contributed by atoms with Crippen molar-refractivity contribution in [2.45, 2.75) is 25.8 Å². The molecule has 1 aliphatic rings. The van der Waals surface area contributed by atoms with Crippen molar-refractivity contribution in [3.63, 3.8) is 0 Å². The van der Waals surface area contributed by atoms with E-state index < -0.39 is 5.91 Å². The van der Waals surface area contributed by atoms with Crippen LogP contribution < -0.4 is 16.5 Å². The van der Waals surface area contributed by atoms with Crippen molar-refractivity contribution in [3.05, 3.63) is 58.0 Å². The van der Waals surface area contributed by atoms with Gasteiger partial charge in [-0.3, -0.25) is 9.59 Å². The number of aromatic nitrogens is 2. The van der Waals surface area contributed by atoms with E-state index >= 15 is 0 Å². The minimum atomic E-state index is -0.476. The summed E-state index contributed by atoms with van der Waals surface area (Å²) in [5.74, 6) is 0.0121. The second kappa shape index (κ2) is 7.59. The van der Waals surface area contributed by atoms with Crippen molar-refractivity contribution >= 4 is 18.3 Å². The first-order valence-corrected chi connectivity index (χ1v) is 7.76. The Labute approximate surface area is 146 Å². The lowest BCUT2D eigenvalue weighted by Crippen LogP contribution is -2.40. The summed E-state index contributed by atoms with van der Waals surface area (Å²) >= 11 is 0. The van der Waals surface area contributed by atoms with Crippen LogP contribution in [0, 0.1) is 12.8 Å². The number of para-hydroxylation sites is 1. The predicted octanol–water partition coefficient (Wildman–Crippen LogP) is 1.43. The average Bonchev–Trinajstić information content (AvgIpc) is 3.38. The zero-order valence-corrected chi connectivity index (χ0v) is 14.3. The van der Waals surface area contributed by atoms with Crippen LogP contribution >= 0.6 is 12.4 Å². The Balaban J connectivity index is 0.00000208. The van der Waals surface area contributed by atoms with Gasteiger partial charge in [0.1, 0.15) is 0 Å². The number of carbonyl (C=O) groups is 1. The van der Waals surface area contributed by atoms with Gasteiger partial charge in [0, 0.05) is 24.3 Å². The molecule has 1 fully saturated rings. The topological polar surface area (TPSA) is 90.0 Å². The fourth-order valence-electron chi connectivity index (χ4n) is 2.52. The summed E-state index contributed by atoms with van der Waals surface area (Å²) in [4.78, 5) is 24.4. The van der Waals surface area contributed by atoms with Crippen LogP contribution in [0.5, 0.6) is 0 Å². The quantitative estimate of drug-likeness (QED) is 0.855. The number of nitrogens with zero attached hydrogens (tertiary/aromatic N) is 2. The highest BCUT2D eigenvalue weighted by Crippen LogP contribution is 2.31. The van der Waals surface area contributed by atoms with Crippen LogP contribution in [0.1, 0.15) is 29.0 Å². The van der Waals surface area contributed by atoms with Crippen LogP contribution in [0.4, 0.5) is 0 Å². The second-order valence-corrected chi connectivity index (χ2v) is 5.96. The van der Waals surface area contributed by atoms with Gasteiger partial charge in [-0.05, 0) is 37.8 Å². The van der Waals surface area contributed by atoms with Crippen molar-refractivity contribution in [1.29, 1.82) is 0 Å². The normalized spacial score (nSPS) is 14.6. The molecule has 1 aromatic carbocycles. The summed E-state index contributed by atoms with van der Waals surface area (Å²) in [6.45, 7) is 2.15. The number of rotatable bonds is 5.